The number of hydrogen-bond acceptors (Lipinski definition) is 4. The molecule has 0 unspecified atom stereocenters. The Kier molecular flexibility index (Phi) is 3.65. The molecule has 4 aromatic heterocycles. The molecule has 6 aromatic rings. The molecule has 31 heavy (non-hydrogen) atoms. The lowest BCUT2D eigenvalue weighted by molar-refractivity contribution is 0.553. The summed E-state index contributed by atoms with van der Waals surface area (Å²) in [5.74, 6) is 0. The van der Waals surface area contributed by atoms with Crippen molar-refractivity contribution in [1.29, 1.82) is 0 Å². The molecule has 0 aliphatic carbocycles. The van der Waals surface area contributed by atoms with E-state index in [1.54, 1.807) is 6.20 Å². The van der Waals surface area contributed by atoms with Gasteiger partial charge in [-0.2, -0.15) is 0 Å². The van der Waals surface area contributed by atoms with Crippen molar-refractivity contribution in [2.75, 3.05) is 0 Å². The summed E-state index contributed by atoms with van der Waals surface area (Å²) in [6, 6.07) is 19.3. The van der Waals surface area contributed by atoms with E-state index >= 15 is 0 Å². The summed E-state index contributed by atoms with van der Waals surface area (Å²) in [7, 11) is 0. The van der Waals surface area contributed by atoms with Gasteiger partial charge >= 0.3 is 5.63 Å². The minimum Gasteiger partial charge on any atom is -0.402 e. The minimum absolute atomic E-state index is 0.173. The van der Waals surface area contributed by atoms with Gasteiger partial charge in [-0.1, -0.05) is 29.8 Å². The second-order valence-corrected chi connectivity index (χ2v) is 7.79. The molecule has 0 spiro atoms. The topological polar surface area (TPSA) is 80.9 Å². The lowest BCUT2D eigenvalue weighted by Gasteiger charge is -2.08. The van der Waals surface area contributed by atoms with E-state index in [2.05, 4.69) is 16.0 Å². The molecule has 0 bridgehead atoms. The van der Waals surface area contributed by atoms with Gasteiger partial charge in [0.1, 0.15) is 5.52 Å². The number of benzene rings is 2. The molecule has 6 rings (SSSR count). The summed E-state index contributed by atoms with van der Waals surface area (Å²) in [5, 5.41) is 3.46. The van der Waals surface area contributed by atoms with Gasteiger partial charge in [0, 0.05) is 39.0 Å². The van der Waals surface area contributed by atoms with Gasteiger partial charge in [-0.15, -0.1) is 0 Å². The number of H-pyrrole nitrogens is 1. The van der Waals surface area contributed by atoms with Crippen LogP contribution >= 0.6 is 0 Å². The lowest BCUT2D eigenvalue weighted by Crippen LogP contribution is -2.17. The zero-order chi connectivity index (χ0) is 21.1. The molecule has 0 amide bonds. The fourth-order valence-electron chi connectivity index (χ4n) is 4.40. The van der Waals surface area contributed by atoms with Crippen LogP contribution in [0.15, 0.2) is 80.9 Å². The zero-order valence-corrected chi connectivity index (χ0v) is 16.7. The molecule has 0 aliphatic rings. The highest BCUT2D eigenvalue weighted by atomic mass is 16.4. The summed E-state index contributed by atoms with van der Waals surface area (Å²) >= 11 is 0. The van der Waals surface area contributed by atoms with E-state index in [-0.39, 0.29) is 12.1 Å². The van der Waals surface area contributed by atoms with Gasteiger partial charge in [0.25, 0.3) is 5.56 Å². The van der Waals surface area contributed by atoms with E-state index in [1.807, 2.05) is 66.1 Å². The maximum absolute atomic E-state index is 13.0. The molecule has 0 fully saturated rings. The highest BCUT2D eigenvalue weighted by Gasteiger charge is 2.19. The molecule has 0 aliphatic heterocycles. The average Bonchev–Trinajstić information content (AvgIpc) is 3.08. The number of nitrogens with zero attached hydrogens (tertiary/aromatic N) is 2. The maximum atomic E-state index is 13.0. The van der Waals surface area contributed by atoms with Gasteiger partial charge in [0.2, 0.25) is 5.71 Å². The van der Waals surface area contributed by atoms with Gasteiger partial charge in [-0.3, -0.25) is 4.79 Å². The Morgan fingerprint density at radius 3 is 2.77 bits per heavy atom. The van der Waals surface area contributed by atoms with Gasteiger partial charge in [0.05, 0.1) is 6.54 Å². The number of rotatable bonds is 2. The summed E-state index contributed by atoms with van der Waals surface area (Å²) in [4.78, 5) is 33.0. The van der Waals surface area contributed by atoms with Crippen molar-refractivity contribution in [3.8, 4) is 0 Å². The van der Waals surface area contributed by atoms with E-state index < -0.39 is 5.63 Å². The Balaban J connectivity index is 1.72. The summed E-state index contributed by atoms with van der Waals surface area (Å²) in [6.07, 6.45) is 1.61. The normalized spacial score (nSPS) is 11.8. The first-order valence-electron chi connectivity index (χ1n) is 10.0. The van der Waals surface area contributed by atoms with Crippen LogP contribution < -0.4 is 11.2 Å². The van der Waals surface area contributed by atoms with Crippen molar-refractivity contribution in [3.63, 3.8) is 0 Å². The molecular weight excluding hydrogens is 390 g/mol. The summed E-state index contributed by atoms with van der Waals surface area (Å²) in [6.45, 7) is 2.27. The van der Waals surface area contributed by atoms with E-state index in [0.29, 0.717) is 16.8 Å². The Labute approximate surface area is 175 Å². The number of hydrogen-bond donors (Lipinski definition) is 1. The largest absolute Gasteiger partial charge is 0.402 e. The third-order valence-electron chi connectivity index (χ3n) is 5.80. The van der Waals surface area contributed by atoms with Crippen molar-refractivity contribution in [3.05, 3.63) is 98.8 Å². The Bertz CT molecular complexity index is 1770. The molecule has 1 N–H and O–H groups in total. The molecule has 0 atom stereocenters. The molecule has 0 saturated heterocycles. The molecule has 6 heteroatoms. The summed E-state index contributed by atoms with van der Waals surface area (Å²) < 4.78 is 7.42. The van der Waals surface area contributed by atoms with Gasteiger partial charge in [-0.25, -0.2) is 9.78 Å². The van der Waals surface area contributed by atoms with Crippen LogP contribution in [0.5, 0.6) is 0 Å². The Morgan fingerprint density at radius 1 is 1.00 bits per heavy atom. The molecular formula is C25H17N3O3. The van der Waals surface area contributed by atoms with Crippen LogP contribution in [0, 0.1) is 6.92 Å². The number of aromatic amines is 1. The van der Waals surface area contributed by atoms with Gasteiger partial charge < -0.3 is 14.0 Å². The van der Waals surface area contributed by atoms with Crippen LogP contribution in [0.1, 0.15) is 11.1 Å². The Hall–Kier alpha value is -4.19. The van der Waals surface area contributed by atoms with Crippen LogP contribution in [0.25, 0.3) is 43.8 Å². The predicted octanol–water partition coefficient (Wildman–Crippen LogP) is 4.49. The fourth-order valence-corrected chi connectivity index (χ4v) is 4.40. The Morgan fingerprint density at radius 2 is 1.87 bits per heavy atom. The van der Waals surface area contributed by atoms with Crippen LogP contribution in [0.4, 0.5) is 0 Å². The molecule has 4 heterocycles. The highest BCUT2D eigenvalue weighted by Crippen LogP contribution is 2.33. The third kappa shape index (κ3) is 2.61. The van der Waals surface area contributed by atoms with Crippen molar-refractivity contribution >= 4 is 43.8 Å². The van der Waals surface area contributed by atoms with Crippen LogP contribution in [-0.4, -0.2) is 14.5 Å². The molecule has 0 radical (unpaired) electrons. The first kappa shape index (κ1) is 17.7. The monoisotopic (exact) mass is 407 g/mol. The number of para-hydroxylation sites is 1. The van der Waals surface area contributed by atoms with Crippen molar-refractivity contribution in [2.45, 2.75) is 13.5 Å². The average molecular weight is 407 g/mol. The number of fused-ring (bicyclic) bond motifs is 6. The molecule has 0 saturated carbocycles. The van der Waals surface area contributed by atoms with Crippen molar-refractivity contribution in [1.82, 2.24) is 14.5 Å². The van der Waals surface area contributed by atoms with Crippen molar-refractivity contribution in [2.24, 2.45) is 0 Å². The number of aromatic nitrogens is 3. The minimum atomic E-state index is -0.465. The third-order valence-corrected chi connectivity index (χ3v) is 5.80. The highest BCUT2D eigenvalue weighted by molar-refractivity contribution is 6.18. The van der Waals surface area contributed by atoms with E-state index in [9.17, 15) is 9.59 Å². The number of pyridine rings is 2. The maximum Gasteiger partial charge on any atom is 0.362 e. The molecule has 2 aromatic carbocycles. The first-order valence-corrected chi connectivity index (χ1v) is 10.0. The lowest BCUT2D eigenvalue weighted by atomic mass is 10.1. The first-order chi connectivity index (χ1) is 15.1. The second-order valence-electron chi connectivity index (χ2n) is 7.79. The van der Waals surface area contributed by atoms with Crippen molar-refractivity contribution < 1.29 is 4.42 Å². The number of aryl methyl sites for hydroxylation is 1. The fraction of sp³-hybridized carbons (Fsp3) is 0.0800. The van der Waals surface area contributed by atoms with Gasteiger partial charge in [0.15, 0.2) is 0 Å². The number of nitrogens with one attached hydrogen (secondary N) is 1. The smallest absolute Gasteiger partial charge is 0.362 e. The SMILES string of the molecule is Cc1ccc2c(c1)c1c3cccnc3oc(=O)c1n2Cc1cc2ccccc2[nH]c1=O. The predicted molar refractivity (Wildman–Crippen MR) is 122 cm³/mol. The molecule has 150 valence electrons. The van der Waals surface area contributed by atoms with E-state index in [0.717, 1.165) is 38.1 Å². The van der Waals surface area contributed by atoms with Crippen LogP contribution in [0.3, 0.4) is 0 Å². The zero-order valence-electron chi connectivity index (χ0n) is 16.7. The second kappa shape index (κ2) is 6.40. The standard InChI is InChI=1S/C25H17N3O3/c1-14-8-9-20-18(11-14)21-17-6-4-10-26-24(17)31-25(30)22(21)28(20)13-16-12-15-5-2-3-7-19(15)27-23(16)29/h2-12H,13H2,1H3,(H,27,29). The van der Waals surface area contributed by atoms with Crippen LogP contribution in [-0.2, 0) is 6.54 Å². The van der Waals surface area contributed by atoms with Crippen LogP contribution in [0.2, 0.25) is 0 Å². The quantitative estimate of drug-likeness (QED) is 0.458. The van der Waals surface area contributed by atoms with Gasteiger partial charge in [-0.05, 0) is 48.7 Å². The van der Waals surface area contributed by atoms with E-state index in [4.69, 9.17) is 4.42 Å². The summed E-state index contributed by atoms with van der Waals surface area (Å²) in [5.41, 5.74) is 3.42. The van der Waals surface area contributed by atoms with E-state index in [1.165, 1.54) is 0 Å². The molecule has 6 nitrogen and oxygen atoms in total.